The molecular weight excluding hydrogens is 421 g/mol. The van der Waals surface area contributed by atoms with Crippen LogP contribution in [0.25, 0.3) is 0 Å². The third-order valence-corrected chi connectivity index (χ3v) is 16.5. The molecule has 116 valence electrons. The first-order valence-corrected chi connectivity index (χ1v) is 15.1. The predicted molar refractivity (Wildman–Crippen MR) is 105 cm³/mol. The number of nitrogens with one attached hydrogen (secondary N) is 2. The Labute approximate surface area is 149 Å². The van der Waals surface area contributed by atoms with E-state index in [0.29, 0.717) is 0 Å². The molecule has 1 aliphatic rings. The van der Waals surface area contributed by atoms with Crippen LogP contribution in [0.1, 0.15) is 0 Å². The maximum Gasteiger partial charge on any atom is 0.392 e. The Hall–Kier alpha value is 0.610. The van der Waals surface area contributed by atoms with Gasteiger partial charge in [0, 0.05) is 4.86 Å². The maximum absolute atomic E-state index is 6.42. The number of rotatable bonds is 2. The number of halogens is 4. The summed E-state index contributed by atoms with van der Waals surface area (Å²) in [5, 5.41) is 1.97. The lowest BCUT2D eigenvalue weighted by Crippen LogP contribution is -2.34. The van der Waals surface area contributed by atoms with Crippen molar-refractivity contribution in [1.29, 1.82) is 0 Å². The summed E-state index contributed by atoms with van der Waals surface area (Å²) in [6.07, 6.45) is -2.73. The third kappa shape index (κ3) is 3.65. The highest BCUT2D eigenvalue weighted by molar-refractivity contribution is 8.29. The standard InChI is InChI=1S/C12H12Cl4N3P3/c13-21(14)17-20(18-22(15,16)19-21,11-7-3-1-4-8-11)12-9-5-2-6-10-12/h1-10,17,19H/q+2. The molecule has 2 aromatic carbocycles. The van der Waals surface area contributed by atoms with Crippen LogP contribution in [0.2, 0.25) is 0 Å². The van der Waals surface area contributed by atoms with Crippen molar-refractivity contribution in [2.45, 2.75) is 0 Å². The van der Waals surface area contributed by atoms with E-state index in [1.54, 1.807) is 0 Å². The fraction of sp³-hybridized carbons (Fsp3) is 0. The molecule has 10 heteroatoms. The molecule has 0 bridgehead atoms. The molecule has 0 saturated carbocycles. The molecule has 22 heavy (non-hydrogen) atoms. The molecule has 2 N–H and O–H groups in total. The van der Waals surface area contributed by atoms with Crippen LogP contribution in [-0.2, 0) is 0 Å². The van der Waals surface area contributed by atoms with Gasteiger partial charge in [-0.05, 0) is 46.7 Å². The van der Waals surface area contributed by atoms with Gasteiger partial charge in [-0.15, -0.1) is 0 Å². The second-order valence-corrected chi connectivity index (χ2v) is 18.2. The minimum atomic E-state index is -2.82. The zero-order valence-electron chi connectivity index (χ0n) is 11.1. The molecule has 2 aromatic rings. The van der Waals surface area contributed by atoms with Crippen LogP contribution in [0, 0.1) is 0 Å². The molecule has 3 rings (SSSR count). The zero-order valence-corrected chi connectivity index (χ0v) is 16.8. The first-order valence-electron chi connectivity index (χ1n) is 6.24. The van der Waals surface area contributed by atoms with Gasteiger partial charge in [0.1, 0.15) is 10.6 Å². The lowest BCUT2D eigenvalue weighted by Gasteiger charge is -2.28. The fourth-order valence-corrected chi connectivity index (χ4v) is 20.3. The number of nitrogens with zero attached hydrogens (tertiary/aromatic N) is 1. The Bertz CT molecular complexity index is 681. The van der Waals surface area contributed by atoms with Gasteiger partial charge in [0.15, 0.2) is 22.5 Å². The van der Waals surface area contributed by atoms with Crippen LogP contribution < -0.4 is 20.3 Å². The summed E-state index contributed by atoms with van der Waals surface area (Å²) >= 11 is 25.6. The van der Waals surface area contributed by atoms with Crippen LogP contribution in [0.15, 0.2) is 65.2 Å². The minimum absolute atomic E-state index is 0.985. The largest absolute Gasteiger partial charge is 0.392 e. The molecule has 0 amide bonds. The van der Waals surface area contributed by atoms with Crippen LogP contribution in [-0.4, -0.2) is 0 Å². The lowest BCUT2D eigenvalue weighted by atomic mass is 10.4. The minimum Gasteiger partial charge on any atom is -0.0767 e. The van der Waals surface area contributed by atoms with Crippen molar-refractivity contribution in [3.63, 3.8) is 0 Å². The molecule has 0 radical (unpaired) electrons. The highest BCUT2D eigenvalue weighted by Crippen LogP contribution is 2.85. The van der Waals surface area contributed by atoms with Gasteiger partial charge >= 0.3 is 13.8 Å². The number of hydrogen-bond acceptors (Lipinski definition) is 3. The van der Waals surface area contributed by atoms with E-state index in [2.05, 4.69) is 9.72 Å². The maximum atomic E-state index is 6.42. The molecule has 0 atom stereocenters. The van der Waals surface area contributed by atoms with Crippen molar-refractivity contribution in [2.75, 3.05) is 0 Å². The number of hydrogen-bond donors (Lipinski definition) is 2. The Morgan fingerprint density at radius 1 is 0.818 bits per heavy atom. The molecular formula is C12H12Cl4N3P3+2. The van der Waals surface area contributed by atoms with E-state index in [9.17, 15) is 0 Å². The molecule has 0 unspecified atom stereocenters. The Morgan fingerprint density at radius 3 is 1.68 bits per heavy atom. The molecule has 1 heterocycles. The molecule has 0 spiro atoms. The highest BCUT2D eigenvalue weighted by atomic mass is 35.9. The summed E-state index contributed by atoms with van der Waals surface area (Å²) in [5.41, 5.74) is 0. The van der Waals surface area contributed by atoms with Gasteiger partial charge in [-0.2, -0.15) is 0 Å². The van der Waals surface area contributed by atoms with E-state index < -0.39 is 19.7 Å². The summed E-state index contributed by atoms with van der Waals surface area (Å²) in [4.78, 5) is 6.19. The van der Waals surface area contributed by atoms with E-state index >= 15 is 0 Å². The molecule has 0 aromatic heterocycles. The highest BCUT2D eigenvalue weighted by Gasteiger charge is 2.63. The molecule has 0 aliphatic carbocycles. The van der Waals surface area contributed by atoms with Crippen LogP contribution in [0.4, 0.5) is 0 Å². The van der Waals surface area contributed by atoms with Crippen molar-refractivity contribution in [2.24, 2.45) is 4.52 Å². The first-order chi connectivity index (χ1) is 10.3. The van der Waals surface area contributed by atoms with Gasteiger partial charge in [-0.1, -0.05) is 45.8 Å². The van der Waals surface area contributed by atoms with Crippen molar-refractivity contribution in [3.8, 4) is 0 Å². The van der Waals surface area contributed by atoms with Gasteiger partial charge in [0.2, 0.25) is 0 Å². The summed E-state index contributed by atoms with van der Waals surface area (Å²) in [5.74, 6) is -2.82. The van der Waals surface area contributed by atoms with Crippen molar-refractivity contribution in [1.82, 2.24) is 9.72 Å². The van der Waals surface area contributed by atoms with Gasteiger partial charge in [-0.3, -0.25) is 0 Å². The average molecular weight is 433 g/mol. The third-order valence-electron chi connectivity index (χ3n) is 3.02. The fourth-order valence-electron chi connectivity index (χ4n) is 2.22. The Balaban J connectivity index is 2.30. The van der Waals surface area contributed by atoms with Gasteiger partial charge < -0.3 is 0 Å². The Morgan fingerprint density at radius 2 is 1.27 bits per heavy atom. The average Bonchev–Trinajstić information content (AvgIpc) is 2.46. The van der Waals surface area contributed by atoms with E-state index in [-0.39, 0.29) is 0 Å². The molecule has 3 nitrogen and oxygen atoms in total. The van der Waals surface area contributed by atoms with Gasteiger partial charge in [0.05, 0.1) is 0 Å². The second kappa shape index (κ2) is 6.49. The Kier molecular flexibility index (Phi) is 5.14. The normalized spacial score (nSPS) is 21.8. The molecule has 0 fully saturated rings. The molecule has 1 aliphatic heterocycles. The summed E-state index contributed by atoms with van der Waals surface area (Å²) in [6, 6.07) is 19.6. The lowest BCUT2D eigenvalue weighted by molar-refractivity contribution is 1.45. The summed E-state index contributed by atoms with van der Waals surface area (Å²) in [6.45, 7) is 0. The van der Waals surface area contributed by atoms with E-state index in [1.807, 2.05) is 60.7 Å². The van der Waals surface area contributed by atoms with Crippen molar-refractivity contribution in [3.05, 3.63) is 60.7 Å². The summed E-state index contributed by atoms with van der Waals surface area (Å²) < 4.78 is 4.77. The predicted octanol–water partition coefficient (Wildman–Crippen LogP) is 6.26. The SMILES string of the molecule is ClP1(Cl)=N[P+](c2ccccc2)(c2ccccc2)N[P+](Cl)(Cl)N1. The monoisotopic (exact) mass is 431 g/mol. The van der Waals surface area contributed by atoms with Crippen LogP contribution in [0.5, 0.6) is 0 Å². The van der Waals surface area contributed by atoms with E-state index in [1.165, 1.54) is 0 Å². The second-order valence-electron chi connectivity index (χ2n) is 4.59. The van der Waals surface area contributed by atoms with Gasteiger partial charge in [-0.25, -0.2) is 0 Å². The van der Waals surface area contributed by atoms with E-state index in [0.717, 1.165) is 10.6 Å². The first kappa shape index (κ1) is 17.4. The topological polar surface area (TPSA) is 36.4 Å². The number of benzene rings is 2. The van der Waals surface area contributed by atoms with Crippen molar-refractivity contribution < 1.29 is 0 Å². The van der Waals surface area contributed by atoms with Crippen LogP contribution >= 0.6 is 64.7 Å². The summed E-state index contributed by atoms with van der Waals surface area (Å²) in [7, 11) is -2.45. The zero-order chi connectivity index (χ0) is 15.8. The van der Waals surface area contributed by atoms with Crippen molar-refractivity contribution >= 4 is 75.3 Å². The van der Waals surface area contributed by atoms with Crippen LogP contribution in [0.3, 0.4) is 0 Å². The smallest absolute Gasteiger partial charge is 0.0767 e. The van der Waals surface area contributed by atoms with Gasteiger partial charge in [0.25, 0.3) is 5.91 Å². The van der Waals surface area contributed by atoms with E-state index in [4.69, 9.17) is 49.5 Å². The quantitative estimate of drug-likeness (QED) is 0.549. The molecule has 0 saturated heterocycles.